The number of esters is 1. The Balaban J connectivity index is -0.000000983. The van der Waals surface area contributed by atoms with Gasteiger partial charge in [0.25, 0.3) is 0 Å². The SMILES string of the molecule is C=CC(=O)O.CC(C)CCCCCCCCCCCC(C)(C)C(=O)OCCCCCCCC(C)C.CC(C)CCCCCCCCCCCCCCCCC(C)(C)C(=O)O. The molecular weight excluding hydrogens is 745 g/mol. The fraction of sp³-hybridized carbons (Fsp3) is 0.907. The first-order valence-corrected chi connectivity index (χ1v) is 25.6. The molecule has 0 spiro atoms. The Morgan fingerprint density at radius 2 is 0.667 bits per heavy atom. The molecule has 0 aliphatic heterocycles. The Morgan fingerprint density at radius 3 is 0.917 bits per heavy atom. The van der Waals surface area contributed by atoms with Crippen LogP contribution in [0.3, 0.4) is 0 Å². The molecule has 0 bridgehead atoms. The van der Waals surface area contributed by atoms with Crippen LogP contribution in [-0.4, -0.2) is 34.7 Å². The van der Waals surface area contributed by atoms with Crippen LogP contribution in [0.2, 0.25) is 0 Å². The van der Waals surface area contributed by atoms with Crippen molar-refractivity contribution in [3.63, 3.8) is 0 Å². The van der Waals surface area contributed by atoms with E-state index in [-0.39, 0.29) is 11.4 Å². The minimum Gasteiger partial charge on any atom is -0.481 e. The number of unbranched alkanes of at least 4 members (excludes halogenated alkanes) is 25. The van der Waals surface area contributed by atoms with Gasteiger partial charge >= 0.3 is 17.9 Å². The minimum atomic E-state index is -0.981. The molecule has 0 aromatic heterocycles. The molecule has 0 saturated carbocycles. The zero-order valence-electron chi connectivity index (χ0n) is 42.1. The van der Waals surface area contributed by atoms with Crippen molar-refractivity contribution in [3.8, 4) is 0 Å². The van der Waals surface area contributed by atoms with Gasteiger partial charge in [-0.25, -0.2) is 4.79 Å². The van der Waals surface area contributed by atoms with Crippen LogP contribution in [0.15, 0.2) is 12.7 Å². The van der Waals surface area contributed by atoms with Crippen molar-refractivity contribution in [1.29, 1.82) is 0 Å². The molecule has 358 valence electrons. The van der Waals surface area contributed by atoms with Gasteiger partial charge in [0.1, 0.15) is 0 Å². The van der Waals surface area contributed by atoms with Crippen LogP contribution >= 0.6 is 0 Å². The highest BCUT2D eigenvalue weighted by Gasteiger charge is 2.28. The first-order valence-electron chi connectivity index (χ1n) is 25.6. The smallest absolute Gasteiger partial charge is 0.327 e. The van der Waals surface area contributed by atoms with Crippen molar-refractivity contribution in [2.45, 2.75) is 281 Å². The first kappa shape index (κ1) is 62.4. The third kappa shape index (κ3) is 50.5. The zero-order chi connectivity index (χ0) is 45.9. The lowest BCUT2D eigenvalue weighted by Crippen LogP contribution is -2.27. The quantitative estimate of drug-likeness (QED) is 0.0362. The monoisotopic (exact) mass is 851 g/mol. The van der Waals surface area contributed by atoms with Gasteiger partial charge in [0.15, 0.2) is 0 Å². The average molecular weight is 851 g/mol. The van der Waals surface area contributed by atoms with E-state index in [1.54, 1.807) is 0 Å². The zero-order valence-corrected chi connectivity index (χ0v) is 42.1. The Kier molecular flexibility index (Phi) is 45.6. The summed E-state index contributed by atoms with van der Waals surface area (Å²) in [7, 11) is 0. The molecule has 6 heteroatoms. The van der Waals surface area contributed by atoms with Crippen LogP contribution in [-0.2, 0) is 19.1 Å². The van der Waals surface area contributed by atoms with Crippen molar-refractivity contribution in [1.82, 2.24) is 0 Å². The second-order valence-electron chi connectivity index (χ2n) is 20.7. The molecule has 0 fully saturated rings. The summed E-state index contributed by atoms with van der Waals surface area (Å²) in [4.78, 5) is 32.7. The van der Waals surface area contributed by atoms with Gasteiger partial charge in [0.2, 0.25) is 0 Å². The van der Waals surface area contributed by atoms with Crippen molar-refractivity contribution < 1.29 is 29.3 Å². The Labute approximate surface area is 375 Å². The summed E-state index contributed by atoms with van der Waals surface area (Å²) in [5.74, 6) is 0.905. The molecule has 0 aromatic rings. The van der Waals surface area contributed by atoms with Gasteiger partial charge in [-0.2, -0.15) is 0 Å². The summed E-state index contributed by atoms with van der Waals surface area (Å²) < 4.78 is 5.57. The summed E-state index contributed by atoms with van der Waals surface area (Å²) in [6.45, 7) is 25.2. The molecular formula is C54H106O6. The van der Waals surface area contributed by atoms with Crippen LogP contribution in [0, 0.1) is 28.6 Å². The van der Waals surface area contributed by atoms with Gasteiger partial charge < -0.3 is 14.9 Å². The van der Waals surface area contributed by atoms with Gasteiger partial charge in [-0.05, 0) is 64.7 Å². The fourth-order valence-corrected chi connectivity index (χ4v) is 7.35. The predicted octanol–water partition coefficient (Wildman–Crippen LogP) is 17.8. The van der Waals surface area contributed by atoms with Crippen LogP contribution in [0.4, 0.5) is 0 Å². The number of carboxylic acids is 2. The standard InChI is InChI=1S/C28H56O2.C23H46O2.C3H4O2/c1-25(2)21-17-13-10-8-7-9-11-15-19-23-28(5,6)27(29)30-24-20-16-12-14-18-22-26(3)4;1-21(2)19-17-15-13-11-9-7-5-6-8-10-12-14-16-18-20-23(3,4)22(24)25;1-2-3(4)5/h25-26H,7-24H2,1-6H3;21H,5-20H2,1-4H3,(H,24,25);2H,1H2,(H,4,5). The van der Waals surface area contributed by atoms with Crippen molar-refractivity contribution in [2.75, 3.05) is 6.61 Å². The number of hydrogen-bond acceptors (Lipinski definition) is 4. The van der Waals surface area contributed by atoms with Crippen LogP contribution in [0.1, 0.15) is 281 Å². The lowest BCUT2D eigenvalue weighted by molar-refractivity contribution is -0.154. The van der Waals surface area contributed by atoms with E-state index in [2.05, 4.69) is 62.0 Å². The second kappa shape index (κ2) is 43.8. The average Bonchev–Trinajstić information content (AvgIpc) is 3.17. The van der Waals surface area contributed by atoms with Gasteiger partial charge in [-0.1, -0.05) is 241 Å². The van der Waals surface area contributed by atoms with Crippen molar-refractivity contribution >= 4 is 17.9 Å². The molecule has 0 radical (unpaired) electrons. The third-order valence-corrected chi connectivity index (χ3v) is 11.9. The van der Waals surface area contributed by atoms with E-state index >= 15 is 0 Å². The Bertz CT molecular complexity index is 965. The maximum Gasteiger partial charge on any atom is 0.327 e. The number of carbonyl (C=O) groups is 3. The van der Waals surface area contributed by atoms with Gasteiger partial charge in [-0.15, -0.1) is 0 Å². The minimum absolute atomic E-state index is 0.00343. The van der Waals surface area contributed by atoms with E-state index in [4.69, 9.17) is 14.9 Å². The normalized spacial score (nSPS) is 11.6. The van der Waals surface area contributed by atoms with E-state index in [1.165, 1.54) is 180 Å². The lowest BCUT2D eigenvalue weighted by atomic mass is 9.87. The van der Waals surface area contributed by atoms with Crippen molar-refractivity contribution in [3.05, 3.63) is 12.7 Å². The largest absolute Gasteiger partial charge is 0.481 e. The maximum atomic E-state index is 12.4. The van der Waals surface area contributed by atoms with Crippen LogP contribution in [0.5, 0.6) is 0 Å². The molecule has 0 rings (SSSR count). The van der Waals surface area contributed by atoms with E-state index < -0.39 is 17.4 Å². The number of carboxylic acid groups (broad SMARTS) is 2. The molecule has 2 N–H and O–H groups in total. The lowest BCUT2D eigenvalue weighted by Gasteiger charge is -2.22. The van der Waals surface area contributed by atoms with Crippen LogP contribution < -0.4 is 0 Å². The summed E-state index contributed by atoms with van der Waals surface area (Å²) in [6.07, 6.45) is 43.9. The second-order valence-corrected chi connectivity index (χ2v) is 20.7. The molecule has 0 aliphatic carbocycles. The van der Waals surface area contributed by atoms with Gasteiger partial charge in [-0.3, -0.25) is 9.59 Å². The number of aliphatic carboxylic acids is 2. The molecule has 0 atom stereocenters. The summed E-state index contributed by atoms with van der Waals surface area (Å²) in [5.41, 5.74) is -0.873. The summed E-state index contributed by atoms with van der Waals surface area (Å²) >= 11 is 0. The number of rotatable bonds is 40. The summed E-state index contributed by atoms with van der Waals surface area (Å²) in [5, 5.41) is 16.7. The molecule has 0 aromatic carbocycles. The molecule has 0 heterocycles. The van der Waals surface area contributed by atoms with Crippen LogP contribution in [0.25, 0.3) is 0 Å². The Hall–Kier alpha value is -1.85. The fourth-order valence-electron chi connectivity index (χ4n) is 7.35. The van der Waals surface area contributed by atoms with E-state index in [0.29, 0.717) is 6.61 Å². The molecule has 0 saturated heterocycles. The molecule has 0 unspecified atom stereocenters. The summed E-state index contributed by atoms with van der Waals surface area (Å²) in [6, 6.07) is 0. The first-order chi connectivity index (χ1) is 28.4. The maximum absolute atomic E-state index is 12.4. The number of carbonyl (C=O) groups excluding carboxylic acids is 1. The topological polar surface area (TPSA) is 101 Å². The van der Waals surface area contributed by atoms with Crippen molar-refractivity contribution in [2.24, 2.45) is 28.6 Å². The van der Waals surface area contributed by atoms with E-state index in [1.807, 2.05) is 13.8 Å². The molecule has 6 nitrogen and oxygen atoms in total. The highest BCUT2D eigenvalue weighted by molar-refractivity contribution is 5.78. The highest BCUT2D eigenvalue weighted by atomic mass is 16.5. The predicted molar refractivity (Wildman–Crippen MR) is 261 cm³/mol. The molecule has 60 heavy (non-hydrogen) atoms. The highest BCUT2D eigenvalue weighted by Crippen LogP contribution is 2.27. The van der Waals surface area contributed by atoms with E-state index in [9.17, 15) is 14.4 Å². The Morgan fingerprint density at radius 1 is 0.433 bits per heavy atom. The third-order valence-electron chi connectivity index (χ3n) is 11.9. The van der Waals surface area contributed by atoms with Gasteiger partial charge in [0.05, 0.1) is 17.4 Å². The number of hydrogen-bond donors (Lipinski definition) is 2. The molecule has 0 aliphatic rings. The van der Waals surface area contributed by atoms with E-state index in [0.717, 1.165) is 55.9 Å². The number of ether oxygens (including phenoxy) is 1. The molecule has 0 amide bonds. The van der Waals surface area contributed by atoms with Gasteiger partial charge in [0, 0.05) is 6.08 Å².